The van der Waals surface area contributed by atoms with E-state index in [9.17, 15) is 4.79 Å². The summed E-state index contributed by atoms with van der Waals surface area (Å²) in [6, 6.07) is 0.240. The quantitative estimate of drug-likeness (QED) is 0.806. The fourth-order valence-corrected chi connectivity index (χ4v) is 2.61. The highest BCUT2D eigenvalue weighted by Gasteiger charge is 2.27. The number of carbonyl (C=O) groups excluding carboxylic acids is 1. The summed E-state index contributed by atoms with van der Waals surface area (Å²) < 4.78 is 0. The number of rotatable bonds is 3. The summed E-state index contributed by atoms with van der Waals surface area (Å²) >= 11 is 1.44. The van der Waals surface area contributed by atoms with Crippen molar-refractivity contribution >= 4 is 17.2 Å². The van der Waals surface area contributed by atoms with Gasteiger partial charge >= 0.3 is 0 Å². The average Bonchev–Trinajstić information content (AvgIpc) is 2.87. The molecule has 1 saturated carbocycles. The summed E-state index contributed by atoms with van der Waals surface area (Å²) in [6.45, 7) is 0.655. The van der Waals surface area contributed by atoms with Gasteiger partial charge in [-0.25, -0.2) is 4.98 Å². The highest BCUT2D eigenvalue weighted by atomic mass is 32.1. The molecular formula is C10H15N3OS. The molecule has 1 aromatic heterocycles. The number of amides is 1. The Bertz CT molecular complexity index is 325. The van der Waals surface area contributed by atoms with Crippen LogP contribution < -0.4 is 11.1 Å². The molecule has 5 heteroatoms. The van der Waals surface area contributed by atoms with Gasteiger partial charge in [0, 0.05) is 11.4 Å². The minimum absolute atomic E-state index is 0.0680. The second-order valence-electron chi connectivity index (χ2n) is 3.88. The van der Waals surface area contributed by atoms with Crippen molar-refractivity contribution in [3.63, 3.8) is 0 Å². The van der Waals surface area contributed by atoms with Crippen LogP contribution in [0.4, 0.5) is 0 Å². The zero-order chi connectivity index (χ0) is 10.7. The number of aromatic nitrogens is 1. The van der Waals surface area contributed by atoms with E-state index in [0.717, 1.165) is 19.3 Å². The first-order valence-electron chi connectivity index (χ1n) is 5.20. The molecule has 2 atom stereocenters. The van der Waals surface area contributed by atoms with Crippen LogP contribution in [0.5, 0.6) is 0 Å². The fourth-order valence-electron chi connectivity index (χ4n) is 2.08. The van der Waals surface area contributed by atoms with Crippen LogP contribution in [-0.2, 0) is 0 Å². The molecule has 1 amide bonds. The third-order valence-corrected chi connectivity index (χ3v) is 3.53. The Labute approximate surface area is 92.9 Å². The van der Waals surface area contributed by atoms with Gasteiger partial charge in [-0.05, 0) is 25.3 Å². The molecule has 0 radical (unpaired) electrons. The number of hydrogen-bond acceptors (Lipinski definition) is 4. The lowest BCUT2D eigenvalue weighted by Crippen LogP contribution is -2.39. The lowest BCUT2D eigenvalue weighted by Gasteiger charge is -2.18. The first-order valence-corrected chi connectivity index (χ1v) is 6.14. The largest absolute Gasteiger partial charge is 0.348 e. The molecule has 1 aliphatic carbocycles. The maximum Gasteiger partial charge on any atom is 0.270 e. The fraction of sp³-hybridized carbons (Fsp3) is 0.600. The van der Waals surface area contributed by atoms with Crippen LogP contribution in [0.25, 0.3) is 0 Å². The first kappa shape index (κ1) is 10.6. The molecule has 0 aromatic carbocycles. The Morgan fingerprint density at radius 2 is 2.53 bits per heavy atom. The topological polar surface area (TPSA) is 68.0 Å². The molecule has 0 saturated heterocycles. The van der Waals surface area contributed by atoms with Crippen LogP contribution in [0.15, 0.2) is 10.9 Å². The normalized spacial score (nSPS) is 25.4. The van der Waals surface area contributed by atoms with Gasteiger partial charge in [0.25, 0.3) is 5.91 Å². The second-order valence-corrected chi connectivity index (χ2v) is 4.60. The molecule has 2 rings (SSSR count). The number of nitrogens with two attached hydrogens (primary N) is 1. The Balaban J connectivity index is 1.94. The molecule has 0 bridgehead atoms. The van der Waals surface area contributed by atoms with Gasteiger partial charge in [-0.1, -0.05) is 6.42 Å². The van der Waals surface area contributed by atoms with Gasteiger partial charge in [-0.3, -0.25) is 4.79 Å². The van der Waals surface area contributed by atoms with E-state index in [-0.39, 0.29) is 11.9 Å². The van der Waals surface area contributed by atoms with E-state index in [2.05, 4.69) is 10.3 Å². The van der Waals surface area contributed by atoms with Crippen LogP contribution in [0.2, 0.25) is 0 Å². The summed E-state index contributed by atoms with van der Waals surface area (Å²) in [4.78, 5) is 15.7. The zero-order valence-electron chi connectivity index (χ0n) is 8.48. The predicted molar refractivity (Wildman–Crippen MR) is 59.8 cm³/mol. The van der Waals surface area contributed by atoms with Crippen molar-refractivity contribution in [1.82, 2.24) is 10.3 Å². The minimum atomic E-state index is -0.0680. The van der Waals surface area contributed by atoms with E-state index in [4.69, 9.17) is 5.73 Å². The molecule has 1 heterocycles. The average molecular weight is 225 g/mol. The molecule has 0 spiro atoms. The van der Waals surface area contributed by atoms with Crippen molar-refractivity contribution in [2.75, 3.05) is 6.54 Å². The number of nitrogens with zero attached hydrogens (tertiary/aromatic N) is 1. The molecule has 1 aromatic rings. The Kier molecular flexibility index (Phi) is 3.33. The van der Waals surface area contributed by atoms with Crippen molar-refractivity contribution in [2.45, 2.75) is 25.3 Å². The molecule has 1 aliphatic rings. The Morgan fingerprint density at radius 1 is 1.67 bits per heavy atom. The summed E-state index contributed by atoms with van der Waals surface area (Å²) in [6.07, 6.45) is 3.32. The molecule has 3 N–H and O–H groups in total. The number of hydrogen-bond donors (Lipinski definition) is 2. The SMILES string of the molecule is NC[C@@H]1CCC[C@@H]1NC(=O)c1cscn1. The molecule has 0 unspecified atom stereocenters. The second kappa shape index (κ2) is 4.72. The van der Waals surface area contributed by atoms with Gasteiger partial charge in [0.2, 0.25) is 0 Å². The van der Waals surface area contributed by atoms with E-state index in [0.29, 0.717) is 18.2 Å². The minimum Gasteiger partial charge on any atom is -0.348 e. The van der Waals surface area contributed by atoms with Crippen molar-refractivity contribution in [2.24, 2.45) is 11.7 Å². The zero-order valence-corrected chi connectivity index (χ0v) is 9.30. The standard InChI is InChI=1S/C10H15N3OS/c11-4-7-2-1-3-8(7)13-10(14)9-5-15-6-12-9/h5-8H,1-4,11H2,(H,13,14)/t7-,8-/m0/s1. The predicted octanol–water partition coefficient (Wildman–Crippen LogP) is 1.00. The summed E-state index contributed by atoms with van der Waals surface area (Å²) in [5.41, 5.74) is 7.84. The Hall–Kier alpha value is -0.940. The van der Waals surface area contributed by atoms with Crippen molar-refractivity contribution < 1.29 is 4.79 Å². The Morgan fingerprint density at radius 3 is 3.20 bits per heavy atom. The number of carbonyl (C=O) groups is 1. The highest BCUT2D eigenvalue weighted by molar-refractivity contribution is 7.07. The smallest absolute Gasteiger partial charge is 0.270 e. The van der Waals surface area contributed by atoms with Gasteiger partial charge in [-0.15, -0.1) is 11.3 Å². The lowest BCUT2D eigenvalue weighted by molar-refractivity contribution is 0.0924. The molecule has 0 aliphatic heterocycles. The van der Waals surface area contributed by atoms with Crippen LogP contribution in [0.3, 0.4) is 0 Å². The van der Waals surface area contributed by atoms with E-state index < -0.39 is 0 Å². The van der Waals surface area contributed by atoms with Gasteiger partial charge in [-0.2, -0.15) is 0 Å². The maximum absolute atomic E-state index is 11.7. The van der Waals surface area contributed by atoms with Crippen molar-refractivity contribution in [1.29, 1.82) is 0 Å². The molecule has 4 nitrogen and oxygen atoms in total. The van der Waals surface area contributed by atoms with Crippen LogP contribution >= 0.6 is 11.3 Å². The summed E-state index contributed by atoms with van der Waals surface area (Å²) in [5, 5.41) is 4.77. The van der Waals surface area contributed by atoms with E-state index in [1.165, 1.54) is 11.3 Å². The van der Waals surface area contributed by atoms with Crippen molar-refractivity contribution in [3.05, 3.63) is 16.6 Å². The van der Waals surface area contributed by atoms with Crippen LogP contribution in [-0.4, -0.2) is 23.5 Å². The molecular weight excluding hydrogens is 210 g/mol. The van der Waals surface area contributed by atoms with Gasteiger partial charge < -0.3 is 11.1 Å². The van der Waals surface area contributed by atoms with E-state index in [1.54, 1.807) is 10.9 Å². The molecule has 82 valence electrons. The molecule has 1 fully saturated rings. The number of nitrogens with one attached hydrogen (secondary N) is 1. The summed E-state index contributed by atoms with van der Waals surface area (Å²) in [7, 11) is 0. The highest BCUT2D eigenvalue weighted by Crippen LogP contribution is 2.24. The monoisotopic (exact) mass is 225 g/mol. The third kappa shape index (κ3) is 2.35. The van der Waals surface area contributed by atoms with E-state index >= 15 is 0 Å². The number of thiazole rings is 1. The van der Waals surface area contributed by atoms with Gasteiger partial charge in [0.1, 0.15) is 5.69 Å². The van der Waals surface area contributed by atoms with E-state index in [1.807, 2.05) is 0 Å². The third-order valence-electron chi connectivity index (χ3n) is 2.94. The lowest BCUT2D eigenvalue weighted by atomic mass is 10.0. The van der Waals surface area contributed by atoms with Crippen LogP contribution in [0.1, 0.15) is 29.8 Å². The van der Waals surface area contributed by atoms with Gasteiger partial charge in [0.05, 0.1) is 5.51 Å². The summed E-state index contributed by atoms with van der Waals surface area (Å²) in [5.74, 6) is 0.370. The van der Waals surface area contributed by atoms with Crippen molar-refractivity contribution in [3.8, 4) is 0 Å². The molecule has 15 heavy (non-hydrogen) atoms. The first-order chi connectivity index (χ1) is 7.31. The van der Waals surface area contributed by atoms with Gasteiger partial charge in [0.15, 0.2) is 0 Å². The maximum atomic E-state index is 11.7. The van der Waals surface area contributed by atoms with Crippen LogP contribution in [0, 0.1) is 5.92 Å².